The first kappa shape index (κ1) is 14.5. The predicted octanol–water partition coefficient (Wildman–Crippen LogP) is 1.40. The van der Waals surface area contributed by atoms with Gasteiger partial charge in [0.2, 0.25) is 5.91 Å². The van der Waals surface area contributed by atoms with Crippen LogP contribution in [-0.4, -0.2) is 50.2 Å². The van der Waals surface area contributed by atoms with E-state index in [4.69, 9.17) is 4.74 Å². The molecule has 4 heteroatoms. The molecule has 0 aromatic rings. The fourth-order valence-corrected chi connectivity index (χ4v) is 2.14. The molecule has 17 heavy (non-hydrogen) atoms. The molecule has 0 aromatic heterocycles. The van der Waals surface area contributed by atoms with Gasteiger partial charge in [0.05, 0.1) is 13.0 Å². The van der Waals surface area contributed by atoms with Crippen molar-refractivity contribution in [2.75, 3.05) is 33.4 Å². The number of rotatable bonds is 7. The average Bonchev–Trinajstić information content (AvgIpc) is 2.37. The second-order valence-electron chi connectivity index (χ2n) is 4.70. The van der Waals surface area contributed by atoms with Gasteiger partial charge >= 0.3 is 0 Å². The largest absolute Gasteiger partial charge is 0.381 e. The Morgan fingerprint density at radius 2 is 2.29 bits per heavy atom. The van der Waals surface area contributed by atoms with Crippen LogP contribution in [0.15, 0.2) is 0 Å². The highest BCUT2D eigenvalue weighted by Gasteiger charge is 2.14. The van der Waals surface area contributed by atoms with Gasteiger partial charge < -0.3 is 15.0 Å². The molecule has 1 aliphatic rings. The molecule has 0 radical (unpaired) electrons. The second-order valence-corrected chi connectivity index (χ2v) is 4.70. The van der Waals surface area contributed by atoms with E-state index in [0.29, 0.717) is 25.7 Å². The van der Waals surface area contributed by atoms with Gasteiger partial charge in [-0.25, -0.2) is 0 Å². The highest BCUT2D eigenvalue weighted by atomic mass is 16.5. The number of hydrogen-bond donors (Lipinski definition) is 1. The van der Waals surface area contributed by atoms with Crippen LogP contribution in [0.5, 0.6) is 0 Å². The highest BCUT2D eigenvalue weighted by Crippen LogP contribution is 2.10. The van der Waals surface area contributed by atoms with E-state index in [1.165, 1.54) is 19.3 Å². The molecule has 0 aromatic carbocycles. The van der Waals surface area contributed by atoms with Gasteiger partial charge in [0, 0.05) is 26.2 Å². The molecule has 1 fully saturated rings. The number of piperidine rings is 1. The second kappa shape index (κ2) is 8.48. The van der Waals surface area contributed by atoms with Gasteiger partial charge in [0.15, 0.2) is 0 Å². The molecule has 0 bridgehead atoms. The van der Waals surface area contributed by atoms with Crippen molar-refractivity contribution in [3.63, 3.8) is 0 Å². The molecular formula is C13H26N2O2. The first-order valence-corrected chi connectivity index (χ1v) is 6.79. The number of amides is 1. The Labute approximate surface area is 105 Å². The molecule has 100 valence electrons. The molecule has 4 nitrogen and oxygen atoms in total. The normalized spacial score (nSPS) is 20.2. The number of carbonyl (C=O) groups excluding carboxylic acids is 1. The Balaban J connectivity index is 2.10. The lowest BCUT2D eigenvalue weighted by molar-refractivity contribution is -0.131. The van der Waals surface area contributed by atoms with E-state index < -0.39 is 0 Å². The van der Waals surface area contributed by atoms with Crippen LogP contribution >= 0.6 is 0 Å². The minimum Gasteiger partial charge on any atom is -0.381 e. The molecule has 1 amide bonds. The molecule has 0 saturated carbocycles. The third kappa shape index (κ3) is 6.03. The number of nitrogens with one attached hydrogen (secondary N) is 1. The average molecular weight is 242 g/mol. The Morgan fingerprint density at radius 3 is 2.94 bits per heavy atom. The predicted molar refractivity (Wildman–Crippen MR) is 69.0 cm³/mol. The first-order valence-electron chi connectivity index (χ1n) is 6.79. The summed E-state index contributed by atoms with van der Waals surface area (Å²) in [6, 6.07) is 0.603. The van der Waals surface area contributed by atoms with Crippen LogP contribution in [0.1, 0.15) is 39.0 Å². The van der Waals surface area contributed by atoms with Gasteiger partial charge in [-0.05, 0) is 32.7 Å². The number of hydrogen-bond acceptors (Lipinski definition) is 3. The van der Waals surface area contributed by atoms with E-state index in [9.17, 15) is 4.79 Å². The molecule has 0 spiro atoms. The Kier molecular flexibility index (Phi) is 7.21. The van der Waals surface area contributed by atoms with Crippen molar-refractivity contribution in [1.82, 2.24) is 10.2 Å². The number of ether oxygens (including phenoxy) is 1. The number of carbonyl (C=O) groups is 1. The van der Waals surface area contributed by atoms with Gasteiger partial charge in [-0.1, -0.05) is 6.42 Å². The van der Waals surface area contributed by atoms with Crippen LogP contribution in [0.4, 0.5) is 0 Å². The molecule has 1 unspecified atom stereocenters. The van der Waals surface area contributed by atoms with E-state index in [2.05, 4.69) is 5.32 Å². The van der Waals surface area contributed by atoms with E-state index in [1.54, 1.807) is 0 Å². The summed E-state index contributed by atoms with van der Waals surface area (Å²) in [6.45, 7) is 5.16. The van der Waals surface area contributed by atoms with Crippen molar-refractivity contribution in [2.24, 2.45) is 0 Å². The molecule has 1 rings (SSSR count). The SMILES string of the molecule is CCOCCC(=O)N(C)CCC1CCCCN1. The monoisotopic (exact) mass is 242 g/mol. The lowest BCUT2D eigenvalue weighted by Crippen LogP contribution is -2.38. The van der Waals surface area contributed by atoms with Crippen molar-refractivity contribution in [2.45, 2.75) is 45.1 Å². The van der Waals surface area contributed by atoms with Crippen molar-refractivity contribution in [3.05, 3.63) is 0 Å². The molecule has 1 aliphatic heterocycles. The maximum absolute atomic E-state index is 11.7. The molecular weight excluding hydrogens is 216 g/mol. The summed E-state index contributed by atoms with van der Waals surface area (Å²) in [6.07, 6.45) is 5.43. The Bertz CT molecular complexity index is 215. The lowest BCUT2D eigenvalue weighted by Gasteiger charge is -2.26. The summed E-state index contributed by atoms with van der Waals surface area (Å²) in [5.41, 5.74) is 0. The van der Waals surface area contributed by atoms with Gasteiger partial charge in [-0.3, -0.25) is 4.79 Å². The zero-order valence-electron chi connectivity index (χ0n) is 11.2. The topological polar surface area (TPSA) is 41.6 Å². The smallest absolute Gasteiger partial charge is 0.224 e. The third-order valence-corrected chi connectivity index (χ3v) is 3.32. The Hall–Kier alpha value is -0.610. The highest BCUT2D eigenvalue weighted by molar-refractivity contribution is 5.75. The van der Waals surface area contributed by atoms with Gasteiger partial charge in [-0.2, -0.15) is 0 Å². The zero-order chi connectivity index (χ0) is 12.5. The summed E-state index contributed by atoms with van der Waals surface area (Å²) in [5.74, 6) is 0.189. The maximum Gasteiger partial charge on any atom is 0.224 e. The molecule has 0 aliphatic carbocycles. The summed E-state index contributed by atoms with van der Waals surface area (Å²) in [5, 5.41) is 3.50. The molecule has 1 N–H and O–H groups in total. The van der Waals surface area contributed by atoms with Gasteiger partial charge in [0.25, 0.3) is 0 Å². The number of nitrogens with zero attached hydrogens (tertiary/aromatic N) is 1. The standard InChI is InChI=1S/C13H26N2O2/c1-3-17-11-8-13(16)15(2)10-7-12-6-4-5-9-14-12/h12,14H,3-11H2,1-2H3. The van der Waals surface area contributed by atoms with Crippen molar-refractivity contribution in [3.8, 4) is 0 Å². The summed E-state index contributed by atoms with van der Waals surface area (Å²) in [7, 11) is 1.89. The molecule has 1 heterocycles. The minimum atomic E-state index is 0.189. The van der Waals surface area contributed by atoms with Crippen LogP contribution in [0.3, 0.4) is 0 Å². The molecule has 1 atom stereocenters. The van der Waals surface area contributed by atoms with Crippen LogP contribution in [0.2, 0.25) is 0 Å². The van der Waals surface area contributed by atoms with Crippen molar-refractivity contribution in [1.29, 1.82) is 0 Å². The minimum absolute atomic E-state index is 0.189. The lowest BCUT2D eigenvalue weighted by atomic mass is 10.0. The van der Waals surface area contributed by atoms with Crippen LogP contribution in [0, 0.1) is 0 Å². The summed E-state index contributed by atoms with van der Waals surface area (Å²) >= 11 is 0. The molecule has 1 saturated heterocycles. The fourth-order valence-electron chi connectivity index (χ4n) is 2.14. The van der Waals surface area contributed by atoms with Crippen LogP contribution in [-0.2, 0) is 9.53 Å². The van der Waals surface area contributed by atoms with E-state index in [0.717, 1.165) is 19.5 Å². The Morgan fingerprint density at radius 1 is 1.47 bits per heavy atom. The zero-order valence-corrected chi connectivity index (χ0v) is 11.2. The maximum atomic E-state index is 11.7. The van der Waals surface area contributed by atoms with E-state index in [1.807, 2.05) is 18.9 Å². The third-order valence-electron chi connectivity index (χ3n) is 3.32. The van der Waals surface area contributed by atoms with Gasteiger partial charge in [-0.15, -0.1) is 0 Å². The van der Waals surface area contributed by atoms with Crippen LogP contribution in [0.25, 0.3) is 0 Å². The first-order chi connectivity index (χ1) is 8.24. The van der Waals surface area contributed by atoms with E-state index >= 15 is 0 Å². The van der Waals surface area contributed by atoms with E-state index in [-0.39, 0.29) is 5.91 Å². The van der Waals surface area contributed by atoms with Gasteiger partial charge in [0.1, 0.15) is 0 Å². The van der Waals surface area contributed by atoms with Crippen LogP contribution < -0.4 is 5.32 Å². The van der Waals surface area contributed by atoms with Crippen molar-refractivity contribution >= 4 is 5.91 Å². The quantitative estimate of drug-likeness (QED) is 0.686. The summed E-state index contributed by atoms with van der Waals surface area (Å²) in [4.78, 5) is 13.5. The fraction of sp³-hybridized carbons (Fsp3) is 0.923. The van der Waals surface area contributed by atoms with Crippen molar-refractivity contribution < 1.29 is 9.53 Å². The summed E-state index contributed by atoms with van der Waals surface area (Å²) < 4.78 is 5.19.